The number of rotatable bonds is 5. The van der Waals surface area contributed by atoms with Gasteiger partial charge in [0.1, 0.15) is 6.54 Å². The molecule has 2 aromatic rings. The second-order valence-corrected chi connectivity index (χ2v) is 5.16. The summed E-state index contributed by atoms with van der Waals surface area (Å²) >= 11 is 0. The first-order chi connectivity index (χ1) is 9.56. The topological polar surface area (TPSA) is 51.5 Å². The molecule has 0 radical (unpaired) electrons. The molecule has 4 heteroatoms. The fourth-order valence-corrected chi connectivity index (χ4v) is 2.71. The molecule has 0 spiro atoms. The first-order valence-corrected chi connectivity index (χ1v) is 6.83. The molecule has 0 aliphatic heterocycles. The first-order valence-electron chi connectivity index (χ1n) is 6.83. The number of benzene rings is 1. The third kappa shape index (κ3) is 2.85. The van der Waals surface area contributed by atoms with E-state index in [1.165, 1.54) is 23.6 Å². The molecule has 0 fully saturated rings. The van der Waals surface area contributed by atoms with Gasteiger partial charge in [0.05, 0.1) is 12.6 Å². The van der Waals surface area contributed by atoms with E-state index < -0.39 is 0 Å². The highest BCUT2D eigenvalue weighted by molar-refractivity contribution is 5.88. The molecule has 4 nitrogen and oxygen atoms in total. The summed E-state index contributed by atoms with van der Waals surface area (Å²) in [6, 6.07) is 4.26. The lowest BCUT2D eigenvalue weighted by molar-refractivity contribution is -0.141. The predicted molar refractivity (Wildman–Crippen MR) is 78.8 cm³/mol. The number of hydrogen-bond donors (Lipinski definition) is 1. The Labute approximate surface area is 119 Å². The number of ether oxygens (including phenoxy) is 1. The highest BCUT2D eigenvalue weighted by atomic mass is 16.5. The van der Waals surface area contributed by atoms with Gasteiger partial charge in [0.2, 0.25) is 0 Å². The zero-order chi connectivity index (χ0) is 14.7. The first kappa shape index (κ1) is 14.6. The van der Waals surface area contributed by atoms with Crippen LogP contribution in [0.25, 0.3) is 10.9 Å². The Balaban J connectivity index is 2.54. The standard InChI is InChI=1S/C16H21NO3/c1-11-7-12(2)16-14(8-11)13(5-4-6-18)9-17(16)10-15(19)20-3/h7-9,18H,4-6,10H2,1-3H3. The number of carbonyl (C=O) groups is 1. The van der Waals surface area contributed by atoms with Crippen molar-refractivity contribution in [2.24, 2.45) is 0 Å². The van der Waals surface area contributed by atoms with Gasteiger partial charge in [0.15, 0.2) is 0 Å². The van der Waals surface area contributed by atoms with Gasteiger partial charge in [-0.25, -0.2) is 0 Å². The summed E-state index contributed by atoms with van der Waals surface area (Å²) in [5.74, 6) is -0.254. The summed E-state index contributed by atoms with van der Waals surface area (Å²) in [7, 11) is 1.40. The Morgan fingerprint density at radius 1 is 1.35 bits per heavy atom. The van der Waals surface area contributed by atoms with Crippen molar-refractivity contribution in [1.82, 2.24) is 4.57 Å². The van der Waals surface area contributed by atoms with Gasteiger partial charge < -0.3 is 14.4 Å². The van der Waals surface area contributed by atoms with E-state index in [0.717, 1.165) is 23.9 Å². The lowest BCUT2D eigenvalue weighted by atomic mass is 10.0. The fourth-order valence-electron chi connectivity index (χ4n) is 2.71. The largest absolute Gasteiger partial charge is 0.468 e. The fraction of sp³-hybridized carbons (Fsp3) is 0.438. The maximum Gasteiger partial charge on any atom is 0.325 e. The van der Waals surface area contributed by atoms with Gasteiger partial charge in [-0.2, -0.15) is 0 Å². The molecular weight excluding hydrogens is 254 g/mol. The van der Waals surface area contributed by atoms with E-state index in [9.17, 15) is 4.79 Å². The molecule has 0 saturated carbocycles. The molecule has 1 heterocycles. The number of carbonyl (C=O) groups excluding carboxylic acids is 1. The number of aliphatic hydroxyl groups excluding tert-OH is 1. The summed E-state index contributed by atoms with van der Waals surface area (Å²) in [5, 5.41) is 10.2. The number of aryl methyl sites for hydroxylation is 3. The van der Waals surface area contributed by atoms with Gasteiger partial charge in [-0.3, -0.25) is 4.79 Å². The molecule has 0 unspecified atom stereocenters. The molecule has 0 saturated heterocycles. The van der Waals surface area contributed by atoms with Crippen molar-refractivity contribution in [1.29, 1.82) is 0 Å². The van der Waals surface area contributed by atoms with Gasteiger partial charge in [-0.1, -0.05) is 11.6 Å². The third-order valence-electron chi connectivity index (χ3n) is 3.52. The van der Waals surface area contributed by atoms with Crippen LogP contribution in [0, 0.1) is 13.8 Å². The lowest BCUT2D eigenvalue weighted by Gasteiger charge is -2.07. The summed E-state index contributed by atoms with van der Waals surface area (Å²) in [6.07, 6.45) is 3.54. The monoisotopic (exact) mass is 275 g/mol. The number of fused-ring (bicyclic) bond motifs is 1. The van der Waals surface area contributed by atoms with Crippen molar-refractivity contribution in [3.8, 4) is 0 Å². The van der Waals surface area contributed by atoms with E-state index in [2.05, 4.69) is 26.0 Å². The van der Waals surface area contributed by atoms with E-state index in [4.69, 9.17) is 9.84 Å². The molecule has 0 bridgehead atoms. The van der Waals surface area contributed by atoms with Crippen molar-refractivity contribution in [3.63, 3.8) is 0 Å². The van der Waals surface area contributed by atoms with Crippen LogP contribution in [0.15, 0.2) is 18.3 Å². The Kier molecular flexibility index (Phi) is 4.45. The zero-order valence-electron chi connectivity index (χ0n) is 12.3. The van der Waals surface area contributed by atoms with E-state index in [1.54, 1.807) is 0 Å². The van der Waals surface area contributed by atoms with Gasteiger partial charge in [-0.05, 0) is 43.9 Å². The zero-order valence-corrected chi connectivity index (χ0v) is 12.3. The second-order valence-electron chi connectivity index (χ2n) is 5.16. The highest BCUT2D eigenvalue weighted by Gasteiger charge is 2.13. The van der Waals surface area contributed by atoms with Crippen molar-refractivity contribution >= 4 is 16.9 Å². The van der Waals surface area contributed by atoms with E-state index in [1.807, 2.05) is 10.8 Å². The van der Waals surface area contributed by atoms with Crippen LogP contribution in [-0.2, 0) is 22.5 Å². The van der Waals surface area contributed by atoms with Crippen LogP contribution in [-0.4, -0.2) is 29.4 Å². The van der Waals surface area contributed by atoms with Gasteiger partial charge >= 0.3 is 5.97 Å². The van der Waals surface area contributed by atoms with E-state index >= 15 is 0 Å². The van der Waals surface area contributed by atoms with Crippen molar-refractivity contribution in [2.45, 2.75) is 33.2 Å². The predicted octanol–water partition coefficient (Wildman–Crippen LogP) is 2.36. The smallest absolute Gasteiger partial charge is 0.325 e. The van der Waals surface area contributed by atoms with Gasteiger partial charge in [-0.15, -0.1) is 0 Å². The number of esters is 1. The van der Waals surface area contributed by atoms with Crippen LogP contribution < -0.4 is 0 Å². The molecule has 0 aliphatic carbocycles. The van der Waals surface area contributed by atoms with Crippen molar-refractivity contribution < 1.29 is 14.6 Å². The van der Waals surface area contributed by atoms with Crippen molar-refractivity contribution in [3.05, 3.63) is 35.0 Å². The number of aromatic nitrogens is 1. The maximum atomic E-state index is 11.5. The Morgan fingerprint density at radius 2 is 2.10 bits per heavy atom. The minimum absolute atomic E-state index is 0.175. The third-order valence-corrected chi connectivity index (χ3v) is 3.52. The van der Waals surface area contributed by atoms with Crippen LogP contribution in [0.1, 0.15) is 23.1 Å². The Hall–Kier alpha value is -1.81. The van der Waals surface area contributed by atoms with Gasteiger partial charge in [0.25, 0.3) is 0 Å². The molecular formula is C16H21NO3. The van der Waals surface area contributed by atoms with E-state index in [0.29, 0.717) is 0 Å². The normalized spacial score (nSPS) is 11.0. The number of hydrogen-bond acceptors (Lipinski definition) is 3. The van der Waals surface area contributed by atoms with Crippen LogP contribution in [0.5, 0.6) is 0 Å². The molecule has 1 aromatic carbocycles. The Bertz CT molecular complexity index is 628. The highest BCUT2D eigenvalue weighted by Crippen LogP contribution is 2.27. The number of nitrogens with zero attached hydrogens (tertiary/aromatic N) is 1. The molecule has 0 aliphatic rings. The summed E-state index contributed by atoms with van der Waals surface area (Å²) in [4.78, 5) is 11.5. The van der Waals surface area contributed by atoms with Crippen molar-refractivity contribution in [2.75, 3.05) is 13.7 Å². The van der Waals surface area contributed by atoms with E-state index in [-0.39, 0.29) is 19.1 Å². The molecule has 20 heavy (non-hydrogen) atoms. The quantitative estimate of drug-likeness (QED) is 0.852. The molecule has 108 valence electrons. The molecule has 0 atom stereocenters. The van der Waals surface area contributed by atoms with Gasteiger partial charge in [0, 0.05) is 18.2 Å². The van der Waals surface area contributed by atoms with Crippen LogP contribution in [0.2, 0.25) is 0 Å². The lowest BCUT2D eigenvalue weighted by Crippen LogP contribution is -2.10. The molecule has 0 amide bonds. The second kappa shape index (κ2) is 6.09. The number of methoxy groups -OCH3 is 1. The SMILES string of the molecule is COC(=O)Cn1cc(CCCO)c2cc(C)cc(C)c21. The summed E-state index contributed by atoms with van der Waals surface area (Å²) in [5.41, 5.74) is 4.61. The molecule has 1 aromatic heterocycles. The minimum atomic E-state index is -0.254. The molecule has 2 rings (SSSR count). The minimum Gasteiger partial charge on any atom is -0.468 e. The van der Waals surface area contributed by atoms with Crippen LogP contribution in [0.4, 0.5) is 0 Å². The number of aliphatic hydroxyl groups is 1. The average Bonchev–Trinajstić information content (AvgIpc) is 2.74. The average molecular weight is 275 g/mol. The Morgan fingerprint density at radius 3 is 2.75 bits per heavy atom. The molecule has 1 N–H and O–H groups in total. The summed E-state index contributed by atoms with van der Waals surface area (Å²) < 4.78 is 6.70. The maximum absolute atomic E-state index is 11.5. The van der Waals surface area contributed by atoms with Crippen LogP contribution in [0.3, 0.4) is 0 Å². The van der Waals surface area contributed by atoms with Crippen LogP contribution >= 0.6 is 0 Å². The summed E-state index contributed by atoms with van der Waals surface area (Å²) in [6.45, 7) is 4.52.